The Balaban J connectivity index is 1.43. The molecule has 0 radical (unpaired) electrons. The van der Waals surface area contributed by atoms with Crippen LogP contribution in [0.25, 0.3) is 0 Å². The smallest absolute Gasteiger partial charge is 0.299 e. The molecule has 274 valence electrons. The minimum Gasteiger partial charge on any atom is -0.491 e. The average Bonchev–Trinajstić information content (AvgIpc) is 3.44. The number of amides is 2. The van der Waals surface area contributed by atoms with Crippen LogP contribution < -0.4 is 14.4 Å². The summed E-state index contributed by atoms with van der Waals surface area (Å²) in [6.45, 7) is 5.75. The van der Waals surface area contributed by atoms with Crippen LogP contribution in [0.5, 0.6) is 5.75 Å². The normalized spacial score (nSPS) is 26.3. The number of furan rings is 1. The molecule has 1 fully saturated rings. The molecule has 2 aliphatic heterocycles. The molecule has 5 atom stereocenters. The molecule has 2 aromatic carbocycles. The molecular formula is C39H48ClN3O7S. The Hall–Kier alpha value is -3.64. The van der Waals surface area contributed by atoms with Crippen LogP contribution in [0.3, 0.4) is 0 Å². The summed E-state index contributed by atoms with van der Waals surface area (Å²) in [5, 5.41) is 0.708. The van der Waals surface area contributed by atoms with Crippen LogP contribution in [-0.2, 0) is 39.0 Å². The molecule has 3 aliphatic rings. The summed E-state index contributed by atoms with van der Waals surface area (Å²) in [6.07, 6.45) is 9.44. The van der Waals surface area contributed by atoms with Gasteiger partial charge >= 0.3 is 0 Å². The lowest BCUT2D eigenvalue weighted by atomic mass is 9.70. The number of rotatable bonds is 5. The fourth-order valence-corrected chi connectivity index (χ4v) is 9.35. The van der Waals surface area contributed by atoms with Crippen LogP contribution >= 0.6 is 11.6 Å². The van der Waals surface area contributed by atoms with Crippen molar-refractivity contribution in [1.82, 2.24) is 4.72 Å². The molecule has 0 spiro atoms. The van der Waals surface area contributed by atoms with Gasteiger partial charge in [-0.25, -0.2) is 4.21 Å². The Kier molecular flexibility index (Phi) is 11.9. The monoisotopic (exact) mass is 737 g/mol. The summed E-state index contributed by atoms with van der Waals surface area (Å²) in [5.74, 6) is 0.182. The van der Waals surface area contributed by atoms with Gasteiger partial charge in [-0.15, -0.1) is 4.36 Å². The van der Waals surface area contributed by atoms with E-state index in [1.165, 1.54) is 18.2 Å². The molecule has 10 nitrogen and oxygen atoms in total. The number of carbonyl (C=O) groups is 2. The van der Waals surface area contributed by atoms with Gasteiger partial charge in [-0.2, -0.15) is 0 Å². The lowest BCUT2D eigenvalue weighted by Gasteiger charge is -2.43. The van der Waals surface area contributed by atoms with Crippen molar-refractivity contribution in [3.8, 4) is 5.75 Å². The van der Waals surface area contributed by atoms with Crippen molar-refractivity contribution in [2.24, 2.45) is 22.1 Å². The predicted molar refractivity (Wildman–Crippen MR) is 199 cm³/mol. The van der Waals surface area contributed by atoms with E-state index < -0.39 is 21.7 Å². The molecule has 51 heavy (non-hydrogen) atoms. The van der Waals surface area contributed by atoms with Crippen molar-refractivity contribution in [3.63, 3.8) is 0 Å². The van der Waals surface area contributed by atoms with Crippen molar-refractivity contribution in [3.05, 3.63) is 93.4 Å². The quantitative estimate of drug-likeness (QED) is 0.265. The maximum atomic E-state index is 14.6. The number of hydrogen-bond donors (Lipinski definition) is 1. The fraction of sp³-hybridized carbons (Fsp3) is 0.487. The van der Waals surface area contributed by atoms with Crippen molar-refractivity contribution in [1.29, 1.82) is 0 Å². The molecule has 2 amide bonds. The zero-order chi connectivity index (χ0) is 36.1. The number of fused-ring (bicyclic) bond motifs is 3. The van der Waals surface area contributed by atoms with Crippen molar-refractivity contribution in [2.45, 2.75) is 71.6 Å². The van der Waals surface area contributed by atoms with Crippen LogP contribution in [0.4, 0.5) is 5.69 Å². The second kappa shape index (κ2) is 16.4. The van der Waals surface area contributed by atoms with Gasteiger partial charge in [0.25, 0.3) is 11.8 Å². The molecule has 0 saturated heterocycles. The van der Waals surface area contributed by atoms with E-state index >= 15 is 0 Å². The highest BCUT2D eigenvalue weighted by Gasteiger charge is 2.38. The summed E-state index contributed by atoms with van der Waals surface area (Å²) in [5.41, 5.74) is 4.12. The highest BCUT2D eigenvalue weighted by atomic mass is 35.5. The number of halogens is 1. The van der Waals surface area contributed by atoms with Crippen molar-refractivity contribution in [2.75, 3.05) is 38.0 Å². The molecule has 1 aromatic heterocycles. The van der Waals surface area contributed by atoms with E-state index in [0.29, 0.717) is 47.9 Å². The molecular weight excluding hydrogens is 690 g/mol. The van der Waals surface area contributed by atoms with Gasteiger partial charge in [0, 0.05) is 37.9 Å². The van der Waals surface area contributed by atoms with E-state index in [-0.39, 0.29) is 35.7 Å². The Morgan fingerprint density at radius 3 is 2.73 bits per heavy atom. The Bertz CT molecular complexity index is 1900. The summed E-state index contributed by atoms with van der Waals surface area (Å²) < 4.78 is 44.7. The van der Waals surface area contributed by atoms with Gasteiger partial charge in [-0.1, -0.05) is 36.7 Å². The SMILES string of the molecule is COCc1oc(C(=O)N[S@@]2(=O)=NC(=O)c3ccc4c(c3)N(Cc3ccc(Cl)cc3CCCCO4)C[C@@H]3CC[C@H]3[C@@H](OC)/C=C/C[C@H](C)C2)cc1C. The van der Waals surface area contributed by atoms with Crippen molar-refractivity contribution >= 4 is 39.0 Å². The zero-order valence-corrected chi connectivity index (χ0v) is 31.4. The number of aryl methyl sites for hydroxylation is 2. The van der Waals surface area contributed by atoms with Crippen LogP contribution in [0.2, 0.25) is 5.02 Å². The van der Waals surface area contributed by atoms with Gasteiger partial charge in [0.1, 0.15) is 28.0 Å². The lowest BCUT2D eigenvalue weighted by Crippen LogP contribution is -2.43. The number of ether oxygens (including phenoxy) is 3. The number of hydrogen-bond acceptors (Lipinski definition) is 8. The fourth-order valence-electron chi connectivity index (χ4n) is 7.28. The van der Waals surface area contributed by atoms with Crippen LogP contribution in [0.1, 0.15) is 82.4 Å². The number of allylic oxidation sites excluding steroid dienone is 1. The van der Waals surface area contributed by atoms with Gasteiger partial charge in [0.15, 0.2) is 5.76 Å². The molecule has 1 saturated carbocycles. The van der Waals surface area contributed by atoms with E-state index in [4.69, 9.17) is 30.2 Å². The molecule has 6 rings (SSSR count). The van der Waals surface area contributed by atoms with Gasteiger partial charge in [-0.3, -0.25) is 14.3 Å². The van der Waals surface area contributed by atoms with Gasteiger partial charge in [0.2, 0.25) is 0 Å². The highest BCUT2D eigenvalue weighted by molar-refractivity contribution is 7.92. The maximum Gasteiger partial charge on any atom is 0.299 e. The molecule has 1 aliphatic carbocycles. The van der Waals surface area contributed by atoms with Gasteiger partial charge in [0.05, 0.1) is 24.2 Å². The summed E-state index contributed by atoms with van der Waals surface area (Å²) >= 11 is 6.46. The number of nitrogens with one attached hydrogen (secondary N) is 1. The average molecular weight is 738 g/mol. The second-order valence-corrected chi connectivity index (χ2v) is 16.5. The highest BCUT2D eigenvalue weighted by Crippen LogP contribution is 2.42. The maximum absolute atomic E-state index is 14.6. The summed E-state index contributed by atoms with van der Waals surface area (Å²) in [4.78, 5) is 29.8. The largest absolute Gasteiger partial charge is 0.491 e. The molecule has 2 bridgehead atoms. The summed E-state index contributed by atoms with van der Waals surface area (Å²) in [7, 11) is -0.321. The first-order chi connectivity index (χ1) is 24.6. The van der Waals surface area contributed by atoms with Crippen molar-refractivity contribution < 1.29 is 32.4 Å². The number of anilines is 1. The van der Waals surface area contributed by atoms with Crippen LogP contribution in [0.15, 0.2) is 63.4 Å². The second-order valence-electron chi connectivity index (χ2n) is 14.0. The van der Waals surface area contributed by atoms with Crippen LogP contribution in [-0.4, -0.2) is 55.3 Å². The molecule has 3 aromatic rings. The first-order valence-electron chi connectivity index (χ1n) is 17.7. The minimum absolute atomic E-state index is 0.0269. The van der Waals surface area contributed by atoms with E-state index in [0.717, 1.165) is 49.9 Å². The number of carbonyl (C=O) groups excluding carboxylic acids is 2. The van der Waals surface area contributed by atoms with E-state index in [1.807, 2.05) is 13.0 Å². The first-order valence-corrected chi connectivity index (χ1v) is 19.8. The summed E-state index contributed by atoms with van der Waals surface area (Å²) in [6, 6.07) is 12.9. The Morgan fingerprint density at radius 2 is 1.96 bits per heavy atom. The topological polar surface area (TPSA) is 120 Å². The zero-order valence-electron chi connectivity index (χ0n) is 29.8. The Labute approximate surface area is 306 Å². The molecule has 1 N–H and O–H groups in total. The van der Waals surface area contributed by atoms with Gasteiger partial charge in [-0.05, 0) is 116 Å². The van der Waals surface area contributed by atoms with E-state index in [2.05, 4.69) is 38.3 Å². The first kappa shape index (κ1) is 37.1. The third kappa shape index (κ3) is 8.88. The number of nitrogens with zero attached hydrogens (tertiary/aromatic N) is 2. The van der Waals surface area contributed by atoms with Gasteiger partial charge < -0.3 is 23.5 Å². The van der Waals surface area contributed by atoms with Crippen LogP contribution in [0, 0.1) is 24.7 Å². The standard InChI is InChI=1S/C39H48ClN3O7S/c1-25-8-7-10-34(48-4)32-15-12-30(32)22-43-21-29-11-14-31(40)19-27(29)9-5-6-17-49-35-16-13-28(20-33(35)43)38(44)41-51(46,24-25)42-39(45)36-18-26(2)37(50-36)23-47-3/h7,10-11,13-14,16,18-20,25,30,32,34H,5-6,8-9,12,15,17,21-24H2,1-4H3,(H,41,42,44,45,46)/b10-7+/t25-,30-,32+,34-,51-/m0/s1. The number of methoxy groups -OCH3 is 2. The molecule has 12 heteroatoms. The molecule has 0 unspecified atom stereocenters. The predicted octanol–water partition coefficient (Wildman–Crippen LogP) is 7.70. The van der Waals surface area contributed by atoms with E-state index in [9.17, 15) is 13.8 Å². The minimum atomic E-state index is -3.60. The third-order valence-corrected chi connectivity index (χ3v) is 12.4. The molecule has 3 heterocycles. The lowest BCUT2D eigenvalue weighted by molar-refractivity contribution is 0.0133. The third-order valence-electron chi connectivity index (χ3n) is 10.2. The Morgan fingerprint density at radius 1 is 1.12 bits per heavy atom. The number of benzene rings is 2. The van der Waals surface area contributed by atoms with E-state index in [1.54, 1.807) is 38.3 Å².